The Bertz CT molecular complexity index is 1150. The molecule has 218 valence electrons. The number of anilines is 1. The van der Waals surface area contributed by atoms with E-state index in [1.807, 2.05) is 45.0 Å². The Labute approximate surface area is 238 Å². The van der Waals surface area contributed by atoms with Crippen molar-refractivity contribution in [1.82, 2.24) is 4.90 Å². The van der Waals surface area contributed by atoms with Crippen molar-refractivity contribution in [3.8, 4) is 0 Å². The van der Waals surface area contributed by atoms with Gasteiger partial charge >= 0.3 is 5.97 Å². The molecule has 1 N–H and O–H groups in total. The molecule has 0 aliphatic carbocycles. The monoisotopic (exact) mass is 552 g/mol. The zero-order chi connectivity index (χ0) is 29.2. The largest absolute Gasteiger partial charge is 0.465 e. The molecular formula is C32H44N2O6. The molecule has 1 aromatic carbocycles. The number of hydrogen-bond acceptors (Lipinski definition) is 6. The lowest BCUT2D eigenvalue weighted by Crippen LogP contribution is -2.58. The number of unbranched alkanes of at least 4 members (excludes halogenated alkanes) is 2. The Balaban J connectivity index is 1.77. The van der Waals surface area contributed by atoms with E-state index in [1.165, 1.54) is 4.90 Å². The van der Waals surface area contributed by atoms with Gasteiger partial charge in [0.2, 0.25) is 5.91 Å². The molecule has 2 unspecified atom stereocenters. The topological polar surface area (TPSA) is 96.4 Å². The van der Waals surface area contributed by atoms with Gasteiger partial charge in [-0.1, -0.05) is 37.3 Å². The van der Waals surface area contributed by atoms with Crippen molar-refractivity contribution in [3.05, 3.63) is 54.6 Å². The number of aryl methyl sites for hydroxylation is 2. The lowest BCUT2D eigenvalue weighted by atomic mass is 9.65. The van der Waals surface area contributed by atoms with Crippen LogP contribution in [0.2, 0.25) is 0 Å². The Morgan fingerprint density at radius 3 is 2.52 bits per heavy atom. The number of carbonyl (C=O) groups excluding carboxylic acids is 3. The third-order valence-electron chi connectivity index (χ3n) is 9.18. The highest BCUT2D eigenvalue weighted by molar-refractivity contribution is 6.05. The number of nitrogens with zero attached hydrogens (tertiary/aromatic N) is 2. The smallest absolute Gasteiger partial charge is 0.312 e. The Hall–Kier alpha value is -2.97. The van der Waals surface area contributed by atoms with Gasteiger partial charge in [0.1, 0.15) is 17.6 Å². The van der Waals surface area contributed by atoms with Crippen LogP contribution in [-0.2, 0) is 23.9 Å². The Kier molecular flexibility index (Phi) is 8.90. The molecule has 8 nitrogen and oxygen atoms in total. The number of carbonyl (C=O) groups is 3. The standard InChI is InChI=1S/C32H44N2O6/c1-7-10-11-12-19-39-30(38)25-24-28(36)34(23(6)20-35)27(32(24)17-16-31(25,9-3)40-32)29(37)33(18-8-2)26-21(4)14-13-15-22(26)5/h7-8,13-15,23-25,27,35H,1-2,9-12,16-20H2,3-6H3/t23-,24+,25+,27?,31-,32?/m1/s1. The molecule has 8 heteroatoms. The average Bonchev–Trinajstić information content (AvgIpc) is 3.55. The zero-order valence-electron chi connectivity index (χ0n) is 24.4. The summed E-state index contributed by atoms with van der Waals surface area (Å²) in [7, 11) is 0. The predicted octanol–water partition coefficient (Wildman–Crippen LogP) is 4.26. The molecule has 3 saturated heterocycles. The summed E-state index contributed by atoms with van der Waals surface area (Å²) in [6.45, 7) is 15.4. The molecule has 0 radical (unpaired) electrons. The van der Waals surface area contributed by atoms with E-state index in [0.29, 0.717) is 25.7 Å². The molecule has 6 atom stereocenters. The lowest BCUT2D eigenvalue weighted by Gasteiger charge is -2.39. The first kappa shape index (κ1) is 30.0. The first-order chi connectivity index (χ1) is 19.1. The third kappa shape index (κ3) is 4.69. The molecule has 3 fully saturated rings. The summed E-state index contributed by atoms with van der Waals surface area (Å²) in [4.78, 5) is 45.7. The number of aliphatic hydroxyl groups is 1. The quantitative estimate of drug-likeness (QED) is 0.223. The van der Waals surface area contributed by atoms with Crippen molar-refractivity contribution in [1.29, 1.82) is 0 Å². The summed E-state index contributed by atoms with van der Waals surface area (Å²) in [5.74, 6) is -2.73. The molecule has 2 amide bonds. The van der Waals surface area contributed by atoms with Crippen LogP contribution in [0.1, 0.15) is 63.5 Å². The highest BCUT2D eigenvalue weighted by Crippen LogP contribution is 2.65. The second kappa shape index (κ2) is 11.9. The van der Waals surface area contributed by atoms with Crippen molar-refractivity contribution in [3.63, 3.8) is 0 Å². The van der Waals surface area contributed by atoms with Crippen LogP contribution in [0.3, 0.4) is 0 Å². The van der Waals surface area contributed by atoms with E-state index < -0.39 is 41.1 Å². The first-order valence-electron chi connectivity index (χ1n) is 14.5. The molecule has 0 saturated carbocycles. The number of hydrogen-bond donors (Lipinski definition) is 1. The summed E-state index contributed by atoms with van der Waals surface area (Å²) < 4.78 is 12.5. The number of para-hydroxylation sites is 1. The van der Waals surface area contributed by atoms with Crippen LogP contribution in [0.5, 0.6) is 0 Å². The number of rotatable bonds is 13. The van der Waals surface area contributed by atoms with Crippen molar-refractivity contribution in [2.75, 3.05) is 24.7 Å². The number of benzene rings is 1. The first-order valence-corrected chi connectivity index (χ1v) is 14.5. The fraction of sp³-hybridized carbons (Fsp3) is 0.594. The van der Waals surface area contributed by atoms with Crippen LogP contribution in [0, 0.1) is 25.7 Å². The molecule has 40 heavy (non-hydrogen) atoms. The number of esters is 1. The van der Waals surface area contributed by atoms with Crippen molar-refractivity contribution in [2.24, 2.45) is 11.8 Å². The van der Waals surface area contributed by atoms with Crippen molar-refractivity contribution >= 4 is 23.5 Å². The maximum Gasteiger partial charge on any atom is 0.312 e. The minimum absolute atomic E-state index is 0.242. The van der Waals surface area contributed by atoms with E-state index in [9.17, 15) is 19.5 Å². The van der Waals surface area contributed by atoms with E-state index >= 15 is 0 Å². The minimum atomic E-state index is -1.18. The van der Waals surface area contributed by atoms with Gasteiger partial charge in [-0.05, 0) is 70.4 Å². The molecular weight excluding hydrogens is 508 g/mol. The van der Waals surface area contributed by atoms with Gasteiger partial charge < -0.3 is 24.4 Å². The zero-order valence-corrected chi connectivity index (χ0v) is 24.4. The number of amides is 2. The number of fused-ring (bicyclic) bond motifs is 1. The third-order valence-corrected chi connectivity index (χ3v) is 9.18. The maximum atomic E-state index is 14.7. The van der Waals surface area contributed by atoms with Crippen LogP contribution in [-0.4, -0.2) is 70.8 Å². The minimum Gasteiger partial charge on any atom is -0.465 e. The van der Waals surface area contributed by atoms with Gasteiger partial charge in [0.25, 0.3) is 5.91 Å². The van der Waals surface area contributed by atoms with Crippen LogP contribution in [0.15, 0.2) is 43.5 Å². The fourth-order valence-corrected chi connectivity index (χ4v) is 7.31. The fourth-order valence-electron chi connectivity index (χ4n) is 7.31. The van der Waals surface area contributed by atoms with E-state index in [0.717, 1.165) is 29.7 Å². The van der Waals surface area contributed by atoms with Gasteiger partial charge in [-0.25, -0.2) is 0 Å². The molecule has 2 bridgehead atoms. The molecule has 1 spiro atoms. The van der Waals surface area contributed by atoms with Crippen LogP contribution >= 0.6 is 0 Å². The Morgan fingerprint density at radius 2 is 1.93 bits per heavy atom. The van der Waals surface area contributed by atoms with Crippen molar-refractivity contribution < 1.29 is 29.0 Å². The second-order valence-corrected chi connectivity index (χ2v) is 11.5. The second-order valence-electron chi connectivity index (χ2n) is 11.5. The molecule has 1 aromatic rings. The molecule has 0 aromatic heterocycles. The summed E-state index contributed by atoms with van der Waals surface area (Å²) in [5.41, 5.74) is 0.568. The van der Waals surface area contributed by atoms with Gasteiger partial charge in [0, 0.05) is 12.2 Å². The SMILES string of the molecule is C=CCCCCOC(=O)[C@@H]1[C@H]2C(=O)N([C@H](C)CO)C(C(=O)N(CC=C)c3c(C)cccc3C)C23CC[C@@]1(CC)O3. The predicted molar refractivity (Wildman–Crippen MR) is 154 cm³/mol. The van der Waals surface area contributed by atoms with Gasteiger partial charge in [-0.15, -0.1) is 13.2 Å². The van der Waals surface area contributed by atoms with Gasteiger partial charge in [0.05, 0.1) is 30.8 Å². The average molecular weight is 553 g/mol. The summed E-state index contributed by atoms with van der Waals surface area (Å²) in [6.07, 6.45) is 7.46. The number of allylic oxidation sites excluding steroid dienone is 1. The molecule has 4 rings (SSSR count). The summed E-state index contributed by atoms with van der Waals surface area (Å²) in [5, 5.41) is 10.2. The summed E-state index contributed by atoms with van der Waals surface area (Å²) in [6, 6.07) is 4.21. The normalized spacial score (nSPS) is 29.3. The molecule has 3 aliphatic rings. The highest BCUT2D eigenvalue weighted by Gasteiger charge is 2.79. The van der Waals surface area contributed by atoms with Crippen LogP contribution in [0.4, 0.5) is 5.69 Å². The summed E-state index contributed by atoms with van der Waals surface area (Å²) >= 11 is 0. The van der Waals surface area contributed by atoms with Crippen molar-refractivity contribution in [2.45, 2.75) is 89.5 Å². The lowest BCUT2D eigenvalue weighted by molar-refractivity contribution is -0.162. The van der Waals surface area contributed by atoms with Crippen LogP contribution < -0.4 is 4.90 Å². The number of ether oxygens (including phenoxy) is 2. The molecule has 3 aliphatic heterocycles. The van der Waals surface area contributed by atoms with Crippen LogP contribution in [0.25, 0.3) is 0 Å². The van der Waals surface area contributed by atoms with E-state index in [2.05, 4.69) is 13.2 Å². The maximum absolute atomic E-state index is 14.7. The Morgan fingerprint density at radius 1 is 1.23 bits per heavy atom. The van der Waals surface area contributed by atoms with E-state index in [1.54, 1.807) is 17.9 Å². The van der Waals surface area contributed by atoms with Gasteiger partial charge in [-0.2, -0.15) is 0 Å². The van der Waals surface area contributed by atoms with Gasteiger partial charge in [-0.3, -0.25) is 14.4 Å². The van der Waals surface area contributed by atoms with E-state index in [-0.39, 0.29) is 31.6 Å². The number of likely N-dealkylation sites (tertiary alicyclic amines) is 1. The highest BCUT2D eigenvalue weighted by atomic mass is 16.6. The van der Waals surface area contributed by atoms with Gasteiger partial charge in [0.15, 0.2) is 0 Å². The molecule has 3 heterocycles. The van der Waals surface area contributed by atoms with E-state index in [4.69, 9.17) is 9.47 Å². The number of aliphatic hydroxyl groups excluding tert-OH is 1.